The molecule has 1 rings (SSSR count). The Kier molecular flexibility index (Phi) is 13.6. The highest BCUT2D eigenvalue weighted by Crippen LogP contribution is 2.09. The monoisotopic (exact) mass is 254 g/mol. The topological polar surface area (TPSA) is 52.6 Å². The van der Waals surface area contributed by atoms with Crippen LogP contribution in [0.3, 0.4) is 0 Å². The zero-order valence-corrected chi connectivity index (χ0v) is 11.6. The molecular weight excluding hydrogens is 232 g/mol. The van der Waals surface area contributed by atoms with Gasteiger partial charge in [-0.2, -0.15) is 0 Å². The van der Waals surface area contributed by atoms with Crippen molar-refractivity contribution in [1.29, 1.82) is 0 Å². The average Bonchev–Trinajstić information content (AvgIpc) is 2.43. The Hall–Kier alpha value is -1.84. The summed E-state index contributed by atoms with van der Waals surface area (Å²) in [5, 5.41) is 0. The standard InChI is InChI=1S/C8H10O.C5H10O2.CH2O/c1-7-3-5-8(9-2)6-4-7;1-3-5(6)7-4-2;1-2/h3-6H,1-2H3;3-4H2,1-2H3;1H2. The molecule has 4 heteroatoms. The van der Waals surface area contributed by atoms with Crippen LogP contribution in [0.4, 0.5) is 0 Å². The van der Waals surface area contributed by atoms with E-state index < -0.39 is 0 Å². The van der Waals surface area contributed by atoms with Crippen LogP contribution in [0.2, 0.25) is 0 Å². The van der Waals surface area contributed by atoms with E-state index in [0.717, 1.165) is 5.75 Å². The molecule has 0 amide bonds. The van der Waals surface area contributed by atoms with E-state index in [0.29, 0.717) is 13.0 Å². The molecule has 0 saturated heterocycles. The van der Waals surface area contributed by atoms with Crippen molar-refractivity contribution in [3.05, 3.63) is 29.8 Å². The van der Waals surface area contributed by atoms with Crippen molar-refractivity contribution in [3.63, 3.8) is 0 Å². The van der Waals surface area contributed by atoms with E-state index >= 15 is 0 Å². The number of benzene rings is 1. The SMILES string of the molecule is C=O.CCOC(=O)CC.COc1ccc(C)cc1. The molecule has 1 aromatic carbocycles. The minimum Gasteiger partial charge on any atom is -0.497 e. The first-order valence-electron chi connectivity index (χ1n) is 5.69. The fourth-order valence-electron chi connectivity index (χ4n) is 0.937. The number of hydrogen-bond donors (Lipinski definition) is 0. The maximum absolute atomic E-state index is 10.2. The largest absolute Gasteiger partial charge is 0.497 e. The zero-order valence-electron chi connectivity index (χ0n) is 11.6. The summed E-state index contributed by atoms with van der Waals surface area (Å²) in [6, 6.07) is 7.96. The quantitative estimate of drug-likeness (QED) is 0.778. The van der Waals surface area contributed by atoms with E-state index in [-0.39, 0.29) is 5.97 Å². The Balaban J connectivity index is 0. The molecule has 0 spiro atoms. The first-order valence-corrected chi connectivity index (χ1v) is 5.69. The van der Waals surface area contributed by atoms with Gasteiger partial charge in [0.25, 0.3) is 0 Å². The average molecular weight is 254 g/mol. The molecule has 1 aromatic rings. The second-order valence-electron chi connectivity index (χ2n) is 3.18. The molecule has 4 nitrogen and oxygen atoms in total. The van der Waals surface area contributed by atoms with E-state index in [4.69, 9.17) is 9.53 Å². The predicted octanol–water partition coefficient (Wildman–Crippen LogP) is 2.78. The number of carbonyl (C=O) groups is 2. The minimum atomic E-state index is -0.123. The van der Waals surface area contributed by atoms with Gasteiger partial charge in [0.1, 0.15) is 12.5 Å². The first kappa shape index (κ1) is 18.5. The molecule has 0 saturated carbocycles. The summed E-state index contributed by atoms with van der Waals surface area (Å²) in [5.74, 6) is 0.795. The lowest BCUT2D eigenvalue weighted by molar-refractivity contribution is -0.142. The summed E-state index contributed by atoms with van der Waals surface area (Å²) in [6.45, 7) is 8.12. The predicted molar refractivity (Wildman–Crippen MR) is 71.8 cm³/mol. The number of methoxy groups -OCH3 is 1. The number of aryl methyl sites for hydroxylation is 1. The van der Waals surface area contributed by atoms with Crippen LogP contribution >= 0.6 is 0 Å². The third-order valence-electron chi connectivity index (χ3n) is 1.85. The molecule has 0 bridgehead atoms. The van der Waals surface area contributed by atoms with Crippen LogP contribution in [0, 0.1) is 6.92 Å². The van der Waals surface area contributed by atoms with Gasteiger partial charge in [0.2, 0.25) is 0 Å². The van der Waals surface area contributed by atoms with Crippen LogP contribution in [0.1, 0.15) is 25.8 Å². The molecule has 0 radical (unpaired) electrons. The first-order chi connectivity index (χ1) is 8.63. The Morgan fingerprint density at radius 3 is 1.94 bits per heavy atom. The highest BCUT2D eigenvalue weighted by atomic mass is 16.5. The second-order valence-corrected chi connectivity index (χ2v) is 3.18. The molecular formula is C14H22O4. The summed E-state index contributed by atoms with van der Waals surface area (Å²) in [6.07, 6.45) is 0.480. The Morgan fingerprint density at radius 2 is 1.67 bits per heavy atom. The van der Waals surface area contributed by atoms with Gasteiger partial charge in [0.15, 0.2) is 0 Å². The minimum absolute atomic E-state index is 0.123. The van der Waals surface area contributed by atoms with Crippen molar-refractivity contribution in [2.45, 2.75) is 27.2 Å². The van der Waals surface area contributed by atoms with Gasteiger partial charge in [-0.05, 0) is 26.0 Å². The van der Waals surface area contributed by atoms with E-state index in [1.54, 1.807) is 21.0 Å². The summed E-state index contributed by atoms with van der Waals surface area (Å²) in [4.78, 5) is 18.2. The summed E-state index contributed by atoms with van der Waals surface area (Å²) < 4.78 is 9.52. The van der Waals surface area contributed by atoms with Gasteiger partial charge in [-0.1, -0.05) is 24.6 Å². The molecule has 0 fully saturated rings. The maximum atomic E-state index is 10.2. The summed E-state index contributed by atoms with van der Waals surface area (Å²) >= 11 is 0. The van der Waals surface area contributed by atoms with Gasteiger partial charge in [0.05, 0.1) is 13.7 Å². The number of hydrogen-bond acceptors (Lipinski definition) is 4. The number of esters is 1. The number of ether oxygens (including phenoxy) is 2. The smallest absolute Gasteiger partial charge is 0.305 e. The molecule has 0 unspecified atom stereocenters. The third-order valence-corrected chi connectivity index (χ3v) is 1.85. The van der Waals surface area contributed by atoms with Crippen LogP contribution in [-0.4, -0.2) is 26.5 Å². The van der Waals surface area contributed by atoms with E-state index in [1.165, 1.54) is 5.56 Å². The van der Waals surface area contributed by atoms with Gasteiger partial charge in [-0.15, -0.1) is 0 Å². The highest BCUT2D eigenvalue weighted by Gasteiger charge is 1.91. The molecule has 0 N–H and O–H groups in total. The zero-order chi connectivity index (χ0) is 14.4. The third kappa shape index (κ3) is 10.7. The molecule has 0 heterocycles. The number of rotatable bonds is 3. The van der Waals surface area contributed by atoms with Gasteiger partial charge in [0, 0.05) is 6.42 Å². The fourth-order valence-corrected chi connectivity index (χ4v) is 0.937. The summed E-state index contributed by atoms with van der Waals surface area (Å²) in [7, 11) is 1.67. The van der Waals surface area contributed by atoms with E-state index in [9.17, 15) is 4.79 Å². The Bertz CT molecular complexity index is 306. The molecule has 102 valence electrons. The van der Waals surface area contributed by atoms with Crippen LogP contribution < -0.4 is 4.74 Å². The normalized spacial score (nSPS) is 8.00. The maximum Gasteiger partial charge on any atom is 0.305 e. The molecule has 0 aliphatic rings. The highest BCUT2D eigenvalue weighted by molar-refractivity contribution is 5.68. The fraction of sp³-hybridized carbons (Fsp3) is 0.429. The molecule has 18 heavy (non-hydrogen) atoms. The Morgan fingerprint density at radius 1 is 1.17 bits per heavy atom. The van der Waals surface area contributed by atoms with Crippen LogP contribution in [0.25, 0.3) is 0 Å². The van der Waals surface area contributed by atoms with Crippen LogP contribution in [-0.2, 0) is 14.3 Å². The second kappa shape index (κ2) is 13.2. The lowest BCUT2D eigenvalue weighted by Gasteiger charge is -1.97. The van der Waals surface area contributed by atoms with Crippen LogP contribution in [0.15, 0.2) is 24.3 Å². The lowest BCUT2D eigenvalue weighted by atomic mass is 10.2. The van der Waals surface area contributed by atoms with E-state index in [1.807, 2.05) is 31.1 Å². The van der Waals surface area contributed by atoms with Crippen molar-refractivity contribution in [2.75, 3.05) is 13.7 Å². The van der Waals surface area contributed by atoms with Crippen molar-refractivity contribution in [3.8, 4) is 5.75 Å². The van der Waals surface area contributed by atoms with Gasteiger partial charge in [-0.25, -0.2) is 0 Å². The van der Waals surface area contributed by atoms with Crippen molar-refractivity contribution >= 4 is 12.8 Å². The van der Waals surface area contributed by atoms with Crippen molar-refractivity contribution in [2.24, 2.45) is 0 Å². The van der Waals surface area contributed by atoms with Gasteiger partial charge < -0.3 is 14.3 Å². The van der Waals surface area contributed by atoms with E-state index in [2.05, 4.69) is 11.7 Å². The summed E-state index contributed by atoms with van der Waals surface area (Å²) in [5.41, 5.74) is 1.26. The lowest BCUT2D eigenvalue weighted by Crippen LogP contribution is -2.00. The Labute approximate surface area is 109 Å². The van der Waals surface area contributed by atoms with Gasteiger partial charge >= 0.3 is 5.97 Å². The molecule has 0 aliphatic carbocycles. The molecule has 0 aromatic heterocycles. The molecule has 0 aliphatic heterocycles. The molecule has 0 atom stereocenters. The van der Waals surface area contributed by atoms with Crippen LogP contribution in [0.5, 0.6) is 5.75 Å². The number of carbonyl (C=O) groups excluding carboxylic acids is 2. The van der Waals surface area contributed by atoms with Crippen molar-refractivity contribution < 1.29 is 19.1 Å². The van der Waals surface area contributed by atoms with Crippen molar-refractivity contribution in [1.82, 2.24) is 0 Å². The van der Waals surface area contributed by atoms with Gasteiger partial charge in [-0.3, -0.25) is 4.79 Å².